The average molecular weight is 271 g/mol. The van der Waals surface area contributed by atoms with E-state index in [1.54, 1.807) is 6.20 Å². The van der Waals surface area contributed by atoms with Crippen molar-refractivity contribution < 1.29 is 0 Å². The number of unbranched alkanes of at least 4 members (excludes halogenated alkanes) is 1. The van der Waals surface area contributed by atoms with Crippen molar-refractivity contribution in [2.75, 3.05) is 17.2 Å². The highest BCUT2D eigenvalue weighted by Crippen LogP contribution is 2.20. The standard InChI is InChI=1S/C15H21N5/c1-4-5-9-16-14-10-17-20-15(19-14)18-13-8-6-7-11(2)12(13)3/h6-8,10H,4-5,9H2,1-3H3,(H2,16,18,19,20). The topological polar surface area (TPSA) is 62.7 Å². The molecule has 2 rings (SSSR count). The summed E-state index contributed by atoms with van der Waals surface area (Å²) in [5, 5.41) is 14.5. The molecule has 0 unspecified atom stereocenters. The summed E-state index contributed by atoms with van der Waals surface area (Å²) >= 11 is 0. The molecule has 5 nitrogen and oxygen atoms in total. The second-order valence-electron chi connectivity index (χ2n) is 4.82. The van der Waals surface area contributed by atoms with Crippen LogP contribution in [0.1, 0.15) is 30.9 Å². The summed E-state index contributed by atoms with van der Waals surface area (Å²) in [6, 6.07) is 6.12. The summed E-state index contributed by atoms with van der Waals surface area (Å²) < 4.78 is 0. The Morgan fingerprint density at radius 1 is 1.20 bits per heavy atom. The van der Waals surface area contributed by atoms with Crippen LogP contribution in [0.15, 0.2) is 24.4 Å². The van der Waals surface area contributed by atoms with Crippen LogP contribution in [0.4, 0.5) is 17.5 Å². The van der Waals surface area contributed by atoms with Crippen molar-refractivity contribution in [2.24, 2.45) is 0 Å². The predicted octanol–water partition coefficient (Wildman–Crippen LogP) is 3.44. The molecule has 5 heteroatoms. The van der Waals surface area contributed by atoms with Crippen molar-refractivity contribution in [1.82, 2.24) is 15.2 Å². The summed E-state index contributed by atoms with van der Waals surface area (Å²) in [6.07, 6.45) is 3.91. The van der Waals surface area contributed by atoms with Gasteiger partial charge < -0.3 is 10.6 Å². The van der Waals surface area contributed by atoms with E-state index < -0.39 is 0 Å². The number of hydrogen-bond donors (Lipinski definition) is 2. The predicted molar refractivity (Wildman–Crippen MR) is 82.4 cm³/mol. The molecule has 1 aromatic heterocycles. The van der Waals surface area contributed by atoms with Gasteiger partial charge in [-0.15, -0.1) is 5.10 Å². The van der Waals surface area contributed by atoms with Crippen LogP contribution in [-0.2, 0) is 0 Å². The van der Waals surface area contributed by atoms with E-state index in [1.165, 1.54) is 11.1 Å². The number of hydrogen-bond acceptors (Lipinski definition) is 5. The molecule has 0 radical (unpaired) electrons. The van der Waals surface area contributed by atoms with Crippen molar-refractivity contribution in [1.29, 1.82) is 0 Å². The zero-order valence-electron chi connectivity index (χ0n) is 12.3. The molecule has 2 aromatic rings. The molecule has 0 amide bonds. The molecule has 0 aliphatic heterocycles. The average Bonchev–Trinajstić information content (AvgIpc) is 2.45. The normalized spacial score (nSPS) is 10.3. The summed E-state index contributed by atoms with van der Waals surface area (Å²) in [5.41, 5.74) is 3.44. The molecule has 0 aliphatic carbocycles. The minimum atomic E-state index is 0.514. The SMILES string of the molecule is CCCCNc1cnnc(Nc2cccc(C)c2C)n1. The monoisotopic (exact) mass is 271 g/mol. The van der Waals surface area contributed by atoms with Crippen LogP contribution < -0.4 is 10.6 Å². The molecule has 1 heterocycles. The van der Waals surface area contributed by atoms with Crippen LogP contribution in [0.2, 0.25) is 0 Å². The fourth-order valence-corrected chi connectivity index (χ4v) is 1.84. The maximum atomic E-state index is 4.41. The molecule has 0 bridgehead atoms. The van der Waals surface area contributed by atoms with Gasteiger partial charge in [0.1, 0.15) is 0 Å². The van der Waals surface area contributed by atoms with Crippen LogP contribution in [-0.4, -0.2) is 21.7 Å². The Kier molecular flexibility index (Phi) is 4.87. The van der Waals surface area contributed by atoms with E-state index in [0.717, 1.165) is 30.9 Å². The summed E-state index contributed by atoms with van der Waals surface area (Å²) in [5.74, 6) is 1.27. The van der Waals surface area contributed by atoms with Crippen LogP contribution in [0, 0.1) is 13.8 Å². The van der Waals surface area contributed by atoms with Crippen molar-refractivity contribution in [3.63, 3.8) is 0 Å². The van der Waals surface area contributed by atoms with Gasteiger partial charge in [-0.3, -0.25) is 0 Å². The lowest BCUT2D eigenvalue weighted by Gasteiger charge is -2.10. The zero-order valence-corrected chi connectivity index (χ0v) is 12.3. The van der Waals surface area contributed by atoms with Gasteiger partial charge in [0.05, 0.1) is 6.20 Å². The van der Waals surface area contributed by atoms with Gasteiger partial charge in [-0.2, -0.15) is 10.1 Å². The smallest absolute Gasteiger partial charge is 0.249 e. The van der Waals surface area contributed by atoms with E-state index in [2.05, 4.69) is 52.7 Å². The Morgan fingerprint density at radius 2 is 2.05 bits per heavy atom. The first-order valence-corrected chi connectivity index (χ1v) is 6.97. The molecular weight excluding hydrogens is 250 g/mol. The van der Waals surface area contributed by atoms with Crippen molar-refractivity contribution >= 4 is 17.5 Å². The van der Waals surface area contributed by atoms with E-state index in [4.69, 9.17) is 0 Å². The first-order chi connectivity index (χ1) is 9.70. The van der Waals surface area contributed by atoms with Gasteiger partial charge in [0.25, 0.3) is 0 Å². The highest BCUT2D eigenvalue weighted by molar-refractivity contribution is 5.60. The molecule has 1 aromatic carbocycles. The van der Waals surface area contributed by atoms with Gasteiger partial charge in [-0.25, -0.2) is 0 Å². The molecule has 0 fully saturated rings. The molecular formula is C15H21N5. The van der Waals surface area contributed by atoms with Gasteiger partial charge in [-0.05, 0) is 37.5 Å². The quantitative estimate of drug-likeness (QED) is 0.788. The van der Waals surface area contributed by atoms with Crippen LogP contribution in [0.5, 0.6) is 0 Å². The molecule has 0 atom stereocenters. The fourth-order valence-electron chi connectivity index (χ4n) is 1.84. The van der Waals surface area contributed by atoms with Crippen LogP contribution >= 0.6 is 0 Å². The molecule has 2 N–H and O–H groups in total. The highest BCUT2D eigenvalue weighted by atomic mass is 15.3. The Balaban J connectivity index is 2.09. The Bertz CT molecular complexity index is 568. The number of benzene rings is 1. The van der Waals surface area contributed by atoms with Crippen LogP contribution in [0.3, 0.4) is 0 Å². The number of nitrogens with zero attached hydrogens (tertiary/aromatic N) is 3. The third-order valence-electron chi connectivity index (χ3n) is 3.25. The minimum Gasteiger partial charge on any atom is -0.369 e. The lowest BCUT2D eigenvalue weighted by atomic mass is 10.1. The Morgan fingerprint density at radius 3 is 2.85 bits per heavy atom. The maximum absolute atomic E-state index is 4.41. The summed E-state index contributed by atoms with van der Waals surface area (Å²) in [4.78, 5) is 4.41. The summed E-state index contributed by atoms with van der Waals surface area (Å²) in [7, 11) is 0. The third-order valence-corrected chi connectivity index (χ3v) is 3.25. The van der Waals surface area contributed by atoms with E-state index in [-0.39, 0.29) is 0 Å². The first kappa shape index (κ1) is 14.2. The number of rotatable bonds is 6. The van der Waals surface area contributed by atoms with Crippen molar-refractivity contribution in [3.05, 3.63) is 35.5 Å². The first-order valence-electron chi connectivity index (χ1n) is 6.97. The van der Waals surface area contributed by atoms with E-state index in [0.29, 0.717) is 5.95 Å². The second-order valence-corrected chi connectivity index (χ2v) is 4.82. The van der Waals surface area contributed by atoms with Gasteiger partial charge in [0.2, 0.25) is 5.95 Å². The fraction of sp³-hybridized carbons (Fsp3) is 0.400. The Hall–Kier alpha value is -2.17. The molecule has 20 heavy (non-hydrogen) atoms. The van der Waals surface area contributed by atoms with E-state index >= 15 is 0 Å². The summed E-state index contributed by atoms with van der Waals surface area (Å²) in [6.45, 7) is 7.22. The zero-order chi connectivity index (χ0) is 14.4. The van der Waals surface area contributed by atoms with Gasteiger partial charge in [0.15, 0.2) is 5.82 Å². The number of nitrogens with one attached hydrogen (secondary N) is 2. The van der Waals surface area contributed by atoms with Gasteiger partial charge in [0, 0.05) is 12.2 Å². The molecule has 0 aliphatic rings. The van der Waals surface area contributed by atoms with Gasteiger partial charge >= 0.3 is 0 Å². The lowest BCUT2D eigenvalue weighted by molar-refractivity contribution is 0.827. The number of aromatic nitrogens is 3. The lowest BCUT2D eigenvalue weighted by Crippen LogP contribution is -2.07. The molecule has 0 spiro atoms. The van der Waals surface area contributed by atoms with E-state index in [1.807, 2.05) is 12.1 Å². The minimum absolute atomic E-state index is 0.514. The highest BCUT2D eigenvalue weighted by Gasteiger charge is 2.04. The largest absolute Gasteiger partial charge is 0.369 e. The number of anilines is 3. The third kappa shape index (κ3) is 3.66. The molecule has 0 saturated carbocycles. The maximum Gasteiger partial charge on any atom is 0.249 e. The van der Waals surface area contributed by atoms with Crippen molar-refractivity contribution in [2.45, 2.75) is 33.6 Å². The molecule has 0 saturated heterocycles. The van der Waals surface area contributed by atoms with Gasteiger partial charge in [-0.1, -0.05) is 25.5 Å². The van der Waals surface area contributed by atoms with Crippen molar-refractivity contribution in [3.8, 4) is 0 Å². The van der Waals surface area contributed by atoms with E-state index in [9.17, 15) is 0 Å². The molecule has 106 valence electrons. The number of aryl methyl sites for hydroxylation is 1. The van der Waals surface area contributed by atoms with Crippen LogP contribution in [0.25, 0.3) is 0 Å². The Labute approximate surface area is 119 Å². The second kappa shape index (κ2) is 6.84.